The molecule has 20 heavy (non-hydrogen) atoms. The van der Waals surface area contributed by atoms with E-state index in [9.17, 15) is 19.3 Å². The third kappa shape index (κ3) is 2.95. The zero-order valence-electron chi connectivity index (χ0n) is 11.6. The Balaban J connectivity index is 2.33. The maximum atomic E-state index is 13.3. The van der Waals surface area contributed by atoms with Crippen LogP contribution in [0.1, 0.15) is 37.0 Å². The topological polar surface area (TPSA) is 63.5 Å². The predicted octanol–water partition coefficient (Wildman–Crippen LogP) is 3.00. The van der Waals surface area contributed by atoms with E-state index >= 15 is 0 Å². The molecule has 0 N–H and O–H groups in total. The van der Waals surface area contributed by atoms with Crippen molar-refractivity contribution in [2.24, 2.45) is 5.41 Å². The number of carbonyl (C=O) groups is 1. The van der Waals surface area contributed by atoms with Gasteiger partial charge in [0, 0.05) is 19.2 Å². The van der Waals surface area contributed by atoms with Crippen LogP contribution in [0.5, 0.6) is 0 Å². The Labute approximate surface area is 116 Å². The number of rotatable bonds is 2. The molecule has 5 nitrogen and oxygen atoms in total. The summed E-state index contributed by atoms with van der Waals surface area (Å²) in [6.07, 6.45) is 1.85. The van der Waals surface area contributed by atoms with Crippen molar-refractivity contribution in [1.82, 2.24) is 4.90 Å². The Morgan fingerprint density at radius 2 is 2.15 bits per heavy atom. The van der Waals surface area contributed by atoms with Crippen molar-refractivity contribution in [1.29, 1.82) is 0 Å². The van der Waals surface area contributed by atoms with Crippen LogP contribution in [-0.4, -0.2) is 28.8 Å². The lowest BCUT2D eigenvalue weighted by molar-refractivity contribution is -0.385. The number of piperidine rings is 1. The molecule has 1 amide bonds. The van der Waals surface area contributed by atoms with Crippen LogP contribution >= 0.6 is 0 Å². The van der Waals surface area contributed by atoms with Crippen LogP contribution in [-0.2, 0) is 0 Å². The standard InChI is InChI=1S/C14H17FN2O3/c1-14(2)6-3-7-16(9-14)13(18)11-8-10(15)4-5-12(11)17(19)20/h4-5,8H,3,6-7,9H2,1-2H3. The number of carbonyl (C=O) groups excluding carboxylic acids is 1. The number of likely N-dealkylation sites (tertiary alicyclic amines) is 1. The zero-order valence-corrected chi connectivity index (χ0v) is 11.6. The van der Waals surface area contributed by atoms with E-state index in [0.717, 1.165) is 31.0 Å². The van der Waals surface area contributed by atoms with Gasteiger partial charge in [0.05, 0.1) is 4.92 Å². The molecule has 2 rings (SSSR count). The van der Waals surface area contributed by atoms with E-state index in [0.29, 0.717) is 13.1 Å². The number of benzene rings is 1. The lowest BCUT2D eigenvalue weighted by Gasteiger charge is -2.38. The monoisotopic (exact) mass is 280 g/mol. The molecule has 108 valence electrons. The molecule has 1 aromatic rings. The first-order valence-electron chi connectivity index (χ1n) is 6.53. The van der Waals surface area contributed by atoms with Gasteiger partial charge in [0.15, 0.2) is 0 Å². The molecular weight excluding hydrogens is 263 g/mol. The lowest BCUT2D eigenvalue weighted by atomic mass is 9.84. The number of nitrogens with zero attached hydrogens (tertiary/aromatic N) is 2. The summed E-state index contributed by atoms with van der Waals surface area (Å²) in [5.74, 6) is -1.11. The number of halogens is 1. The van der Waals surface area contributed by atoms with Crippen molar-refractivity contribution in [3.63, 3.8) is 0 Å². The van der Waals surface area contributed by atoms with E-state index in [1.165, 1.54) is 0 Å². The number of hydrogen-bond acceptors (Lipinski definition) is 3. The molecule has 0 spiro atoms. The molecule has 0 bridgehead atoms. The molecule has 0 unspecified atom stereocenters. The van der Waals surface area contributed by atoms with Crippen molar-refractivity contribution in [3.8, 4) is 0 Å². The van der Waals surface area contributed by atoms with Crippen molar-refractivity contribution in [2.45, 2.75) is 26.7 Å². The zero-order chi connectivity index (χ0) is 14.9. The van der Waals surface area contributed by atoms with E-state index in [1.807, 2.05) is 13.8 Å². The molecule has 1 fully saturated rings. The second kappa shape index (κ2) is 5.19. The fourth-order valence-electron chi connectivity index (χ4n) is 2.61. The van der Waals surface area contributed by atoms with Gasteiger partial charge in [-0.05, 0) is 30.4 Å². The molecule has 0 atom stereocenters. The van der Waals surface area contributed by atoms with Gasteiger partial charge in [-0.2, -0.15) is 0 Å². The number of nitro benzene ring substituents is 1. The first-order valence-corrected chi connectivity index (χ1v) is 6.53. The highest BCUT2D eigenvalue weighted by molar-refractivity contribution is 5.98. The van der Waals surface area contributed by atoms with Crippen molar-refractivity contribution >= 4 is 11.6 Å². The van der Waals surface area contributed by atoms with Crippen LogP contribution in [0.2, 0.25) is 0 Å². The Bertz CT molecular complexity index is 557. The Hall–Kier alpha value is -1.98. The van der Waals surface area contributed by atoms with Gasteiger partial charge in [0.25, 0.3) is 11.6 Å². The summed E-state index contributed by atoms with van der Waals surface area (Å²) < 4.78 is 13.3. The highest BCUT2D eigenvalue weighted by Crippen LogP contribution is 2.30. The molecule has 0 saturated carbocycles. The Morgan fingerprint density at radius 3 is 2.75 bits per heavy atom. The van der Waals surface area contributed by atoms with Gasteiger partial charge in [-0.15, -0.1) is 0 Å². The quantitative estimate of drug-likeness (QED) is 0.618. The first-order chi connectivity index (χ1) is 9.30. The normalized spacial score (nSPS) is 17.9. The number of nitro groups is 1. The van der Waals surface area contributed by atoms with Crippen LogP contribution in [0, 0.1) is 21.3 Å². The Kier molecular flexibility index (Phi) is 3.74. The van der Waals surface area contributed by atoms with Crippen LogP contribution in [0.3, 0.4) is 0 Å². The lowest BCUT2D eigenvalue weighted by Crippen LogP contribution is -2.43. The highest BCUT2D eigenvalue weighted by Gasteiger charge is 2.32. The largest absolute Gasteiger partial charge is 0.338 e. The van der Waals surface area contributed by atoms with Crippen LogP contribution < -0.4 is 0 Å². The van der Waals surface area contributed by atoms with E-state index < -0.39 is 16.6 Å². The fraction of sp³-hybridized carbons (Fsp3) is 0.500. The molecule has 1 aromatic carbocycles. The van der Waals surface area contributed by atoms with E-state index in [1.54, 1.807) is 4.90 Å². The minimum atomic E-state index is -0.651. The van der Waals surface area contributed by atoms with Gasteiger partial charge in [0.1, 0.15) is 11.4 Å². The van der Waals surface area contributed by atoms with Gasteiger partial charge in [-0.1, -0.05) is 13.8 Å². The second-order valence-corrected chi connectivity index (χ2v) is 5.91. The highest BCUT2D eigenvalue weighted by atomic mass is 19.1. The second-order valence-electron chi connectivity index (χ2n) is 5.91. The maximum absolute atomic E-state index is 13.3. The smallest absolute Gasteiger partial charge is 0.282 e. The van der Waals surface area contributed by atoms with Crippen LogP contribution in [0.25, 0.3) is 0 Å². The average molecular weight is 280 g/mol. The fourth-order valence-corrected chi connectivity index (χ4v) is 2.61. The molecule has 0 aliphatic carbocycles. The van der Waals surface area contributed by atoms with Crippen molar-refractivity contribution in [3.05, 3.63) is 39.7 Å². The predicted molar refractivity (Wildman–Crippen MR) is 72.0 cm³/mol. The summed E-state index contributed by atoms with van der Waals surface area (Å²) in [4.78, 5) is 24.3. The summed E-state index contributed by atoms with van der Waals surface area (Å²) >= 11 is 0. The molecule has 1 aliphatic heterocycles. The molecule has 6 heteroatoms. The summed E-state index contributed by atoms with van der Waals surface area (Å²) in [7, 11) is 0. The molecule has 1 saturated heterocycles. The maximum Gasteiger partial charge on any atom is 0.282 e. The molecule has 1 heterocycles. The van der Waals surface area contributed by atoms with Gasteiger partial charge in [-0.3, -0.25) is 14.9 Å². The minimum Gasteiger partial charge on any atom is -0.338 e. The van der Waals surface area contributed by atoms with E-state index in [4.69, 9.17) is 0 Å². The van der Waals surface area contributed by atoms with Gasteiger partial charge < -0.3 is 4.90 Å². The number of amides is 1. The van der Waals surface area contributed by atoms with Crippen molar-refractivity contribution < 1.29 is 14.1 Å². The van der Waals surface area contributed by atoms with E-state index in [2.05, 4.69) is 0 Å². The van der Waals surface area contributed by atoms with Gasteiger partial charge in [0.2, 0.25) is 0 Å². The summed E-state index contributed by atoms with van der Waals surface area (Å²) in [5, 5.41) is 11.0. The average Bonchev–Trinajstić information content (AvgIpc) is 2.36. The minimum absolute atomic E-state index is 0.0178. The van der Waals surface area contributed by atoms with Gasteiger partial charge >= 0.3 is 0 Å². The summed E-state index contributed by atoms with van der Waals surface area (Å²) in [5.41, 5.74) is -0.539. The van der Waals surface area contributed by atoms with Gasteiger partial charge in [-0.25, -0.2) is 4.39 Å². The molecular formula is C14H17FN2O3. The summed E-state index contributed by atoms with van der Waals surface area (Å²) in [6.45, 7) is 5.17. The van der Waals surface area contributed by atoms with Crippen molar-refractivity contribution in [2.75, 3.05) is 13.1 Å². The van der Waals surface area contributed by atoms with Crippen LogP contribution in [0.15, 0.2) is 18.2 Å². The third-order valence-electron chi connectivity index (χ3n) is 3.57. The molecule has 0 aromatic heterocycles. The van der Waals surface area contributed by atoms with Crippen LogP contribution in [0.4, 0.5) is 10.1 Å². The first kappa shape index (κ1) is 14.4. The SMILES string of the molecule is CC1(C)CCCN(C(=O)c2cc(F)ccc2[N+](=O)[O-])C1. The third-order valence-corrected chi connectivity index (χ3v) is 3.57. The molecule has 1 aliphatic rings. The van der Waals surface area contributed by atoms with E-state index in [-0.39, 0.29) is 16.7 Å². The Morgan fingerprint density at radius 1 is 1.45 bits per heavy atom. The summed E-state index contributed by atoms with van der Waals surface area (Å²) in [6, 6.07) is 2.98. The number of hydrogen-bond donors (Lipinski definition) is 0. The molecule has 0 radical (unpaired) electrons.